The zero-order valence-corrected chi connectivity index (χ0v) is 12.3. The Morgan fingerprint density at radius 1 is 1.11 bits per heavy atom. The predicted molar refractivity (Wildman–Crippen MR) is 78.3 cm³/mol. The summed E-state index contributed by atoms with van der Waals surface area (Å²) < 4.78 is 0. The standard InChI is InChI=1S/C17H30O/c1-3-4-5-6-7-9-12-15(2)17(18)16-13-10-8-11-14-16/h15-18H,3-8,10-11,13-14H2,1-2H3/t15-,17+/m0/s1. The van der Waals surface area contributed by atoms with Crippen molar-refractivity contribution < 1.29 is 5.11 Å². The highest BCUT2D eigenvalue weighted by Crippen LogP contribution is 2.29. The van der Waals surface area contributed by atoms with Gasteiger partial charge in [0.25, 0.3) is 0 Å². The molecule has 1 fully saturated rings. The van der Waals surface area contributed by atoms with Gasteiger partial charge in [-0.1, -0.05) is 51.4 Å². The quantitative estimate of drug-likeness (QED) is 0.542. The summed E-state index contributed by atoms with van der Waals surface area (Å²) in [5.74, 6) is 7.17. The van der Waals surface area contributed by atoms with E-state index in [1.165, 1.54) is 57.8 Å². The minimum atomic E-state index is -0.201. The fraction of sp³-hybridized carbons (Fsp3) is 0.882. The minimum Gasteiger partial charge on any atom is -0.392 e. The molecular formula is C17H30O. The lowest BCUT2D eigenvalue weighted by atomic mass is 9.81. The van der Waals surface area contributed by atoms with Crippen molar-refractivity contribution >= 4 is 0 Å². The minimum absolute atomic E-state index is 0.152. The molecule has 1 aliphatic carbocycles. The summed E-state index contributed by atoms with van der Waals surface area (Å²) in [5, 5.41) is 10.3. The monoisotopic (exact) mass is 250 g/mol. The van der Waals surface area contributed by atoms with E-state index in [0.717, 1.165) is 6.42 Å². The average molecular weight is 250 g/mol. The first-order chi connectivity index (χ1) is 8.75. The number of unbranched alkanes of at least 4 members (excludes halogenated alkanes) is 4. The van der Waals surface area contributed by atoms with Crippen molar-refractivity contribution in [3.63, 3.8) is 0 Å². The Morgan fingerprint density at radius 3 is 2.50 bits per heavy atom. The van der Waals surface area contributed by atoms with Crippen molar-refractivity contribution in [1.29, 1.82) is 0 Å². The Labute approximate surface area is 113 Å². The zero-order chi connectivity index (χ0) is 13.2. The van der Waals surface area contributed by atoms with Gasteiger partial charge in [0.05, 0.1) is 6.10 Å². The Kier molecular flexibility index (Phi) is 8.18. The van der Waals surface area contributed by atoms with Crippen LogP contribution in [0.5, 0.6) is 0 Å². The molecule has 1 heteroatoms. The van der Waals surface area contributed by atoms with E-state index in [0.29, 0.717) is 5.92 Å². The second kappa shape index (κ2) is 9.45. The van der Waals surface area contributed by atoms with E-state index < -0.39 is 0 Å². The molecule has 0 unspecified atom stereocenters. The third kappa shape index (κ3) is 5.91. The smallest absolute Gasteiger partial charge is 0.0703 e. The average Bonchev–Trinajstić information content (AvgIpc) is 2.42. The molecular weight excluding hydrogens is 220 g/mol. The molecule has 0 saturated heterocycles. The fourth-order valence-electron chi connectivity index (χ4n) is 2.84. The molecule has 0 aromatic carbocycles. The largest absolute Gasteiger partial charge is 0.392 e. The number of rotatable bonds is 6. The highest BCUT2D eigenvalue weighted by atomic mass is 16.3. The third-order valence-corrected chi connectivity index (χ3v) is 4.13. The van der Waals surface area contributed by atoms with Crippen LogP contribution in [0.25, 0.3) is 0 Å². The van der Waals surface area contributed by atoms with Gasteiger partial charge >= 0.3 is 0 Å². The van der Waals surface area contributed by atoms with Crippen LogP contribution in [0.4, 0.5) is 0 Å². The molecule has 1 rings (SSSR count). The molecule has 1 saturated carbocycles. The van der Waals surface area contributed by atoms with E-state index in [2.05, 4.69) is 25.7 Å². The van der Waals surface area contributed by atoms with Crippen molar-refractivity contribution in [3.8, 4) is 11.8 Å². The molecule has 1 nitrogen and oxygen atoms in total. The SMILES string of the molecule is CCCCCCC#C[C@H](C)[C@@H](O)C1CCCCC1. The summed E-state index contributed by atoms with van der Waals surface area (Å²) in [6, 6.07) is 0. The molecule has 0 bridgehead atoms. The maximum atomic E-state index is 10.3. The van der Waals surface area contributed by atoms with Gasteiger partial charge in [-0.25, -0.2) is 0 Å². The van der Waals surface area contributed by atoms with Crippen LogP contribution in [-0.4, -0.2) is 11.2 Å². The van der Waals surface area contributed by atoms with Crippen molar-refractivity contribution in [2.24, 2.45) is 11.8 Å². The van der Waals surface area contributed by atoms with Gasteiger partial charge in [-0.3, -0.25) is 0 Å². The van der Waals surface area contributed by atoms with Crippen molar-refractivity contribution in [3.05, 3.63) is 0 Å². The lowest BCUT2D eigenvalue weighted by molar-refractivity contribution is 0.0586. The van der Waals surface area contributed by atoms with Crippen LogP contribution in [-0.2, 0) is 0 Å². The normalized spacial score (nSPS) is 19.9. The van der Waals surface area contributed by atoms with Gasteiger partial charge < -0.3 is 5.11 Å². The molecule has 0 radical (unpaired) electrons. The van der Waals surface area contributed by atoms with E-state index in [1.54, 1.807) is 0 Å². The molecule has 104 valence electrons. The summed E-state index contributed by atoms with van der Waals surface area (Å²) in [6.45, 7) is 4.31. The molecule has 0 amide bonds. The summed E-state index contributed by atoms with van der Waals surface area (Å²) in [4.78, 5) is 0. The summed E-state index contributed by atoms with van der Waals surface area (Å²) in [7, 11) is 0. The maximum Gasteiger partial charge on any atom is 0.0703 e. The third-order valence-electron chi connectivity index (χ3n) is 4.13. The maximum absolute atomic E-state index is 10.3. The Hall–Kier alpha value is -0.480. The van der Waals surface area contributed by atoms with Crippen LogP contribution in [0.1, 0.15) is 78.1 Å². The van der Waals surface area contributed by atoms with Gasteiger partial charge in [-0.2, -0.15) is 0 Å². The van der Waals surface area contributed by atoms with Crippen LogP contribution >= 0.6 is 0 Å². The van der Waals surface area contributed by atoms with Gasteiger partial charge in [-0.05, 0) is 32.1 Å². The number of hydrogen-bond acceptors (Lipinski definition) is 1. The molecule has 0 aliphatic heterocycles. The van der Waals surface area contributed by atoms with E-state index in [4.69, 9.17) is 0 Å². The van der Waals surface area contributed by atoms with Crippen molar-refractivity contribution in [1.82, 2.24) is 0 Å². The fourth-order valence-corrected chi connectivity index (χ4v) is 2.84. The molecule has 18 heavy (non-hydrogen) atoms. The lowest BCUT2D eigenvalue weighted by Gasteiger charge is -2.28. The zero-order valence-electron chi connectivity index (χ0n) is 12.3. The van der Waals surface area contributed by atoms with Crippen LogP contribution < -0.4 is 0 Å². The van der Waals surface area contributed by atoms with Gasteiger partial charge in [0.1, 0.15) is 0 Å². The van der Waals surface area contributed by atoms with Crippen LogP contribution in [0.15, 0.2) is 0 Å². The van der Waals surface area contributed by atoms with Crippen LogP contribution in [0.2, 0.25) is 0 Å². The molecule has 1 aliphatic rings. The number of aliphatic hydroxyl groups is 1. The first-order valence-electron chi connectivity index (χ1n) is 7.92. The molecule has 0 aromatic heterocycles. The first-order valence-corrected chi connectivity index (χ1v) is 7.92. The molecule has 2 atom stereocenters. The lowest BCUT2D eigenvalue weighted by Crippen LogP contribution is -2.28. The molecule has 0 heterocycles. The number of aliphatic hydroxyl groups excluding tert-OH is 1. The Balaban J connectivity index is 2.21. The first kappa shape index (κ1) is 15.6. The second-order valence-electron chi connectivity index (χ2n) is 5.81. The molecule has 0 aromatic rings. The summed E-state index contributed by atoms with van der Waals surface area (Å²) in [6.07, 6.45) is 12.2. The van der Waals surface area contributed by atoms with Crippen LogP contribution in [0, 0.1) is 23.7 Å². The van der Waals surface area contributed by atoms with Gasteiger partial charge in [-0.15, -0.1) is 5.92 Å². The molecule has 0 spiro atoms. The van der Waals surface area contributed by atoms with E-state index in [1.807, 2.05) is 0 Å². The summed E-state index contributed by atoms with van der Waals surface area (Å²) in [5.41, 5.74) is 0. The highest BCUT2D eigenvalue weighted by molar-refractivity contribution is 5.05. The van der Waals surface area contributed by atoms with Gasteiger partial charge in [0.2, 0.25) is 0 Å². The van der Waals surface area contributed by atoms with Gasteiger partial charge in [0, 0.05) is 12.3 Å². The predicted octanol–water partition coefficient (Wildman–Crippen LogP) is 4.54. The topological polar surface area (TPSA) is 20.2 Å². The molecule has 1 N–H and O–H groups in total. The Bertz CT molecular complexity index is 255. The van der Waals surface area contributed by atoms with Crippen LogP contribution in [0.3, 0.4) is 0 Å². The van der Waals surface area contributed by atoms with E-state index >= 15 is 0 Å². The van der Waals surface area contributed by atoms with Gasteiger partial charge in [0.15, 0.2) is 0 Å². The van der Waals surface area contributed by atoms with E-state index in [9.17, 15) is 5.11 Å². The summed E-state index contributed by atoms with van der Waals surface area (Å²) >= 11 is 0. The van der Waals surface area contributed by atoms with E-state index in [-0.39, 0.29) is 12.0 Å². The van der Waals surface area contributed by atoms with Crippen molar-refractivity contribution in [2.45, 2.75) is 84.2 Å². The second-order valence-corrected chi connectivity index (χ2v) is 5.81. The number of hydrogen-bond donors (Lipinski definition) is 1. The highest BCUT2D eigenvalue weighted by Gasteiger charge is 2.25. The Morgan fingerprint density at radius 2 is 1.83 bits per heavy atom. The van der Waals surface area contributed by atoms with Crippen molar-refractivity contribution in [2.75, 3.05) is 0 Å².